The van der Waals surface area contributed by atoms with E-state index in [1.165, 1.54) is 18.5 Å². The molecule has 4 heteroatoms. The van der Waals surface area contributed by atoms with Crippen molar-refractivity contribution >= 4 is 68.2 Å². The van der Waals surface area contributed by atoms with Crippen molar-refractivity contribution in [1.29, 1.82) is 0 Å². The van der Waals surface area contributed by atoms with Crippen LogP contribution in [0.1, 0.15) is 4.88 Å². The van der Waals surface area contributed by atoms with Gasteiger partial charge >= 0.3 is 0 Å². The molecule has 0 aliphatic heterocycles. The predicted octanol–water partition coefficient (Wildman–Crippen LogP) is 4.53. The van der Waals surface area contributed by atoms with Crippen LogP contribution in [0, 0.1) is 3.57 Å². The number of alkyl halides is 1. The van der Waals surface area contributed by atoms with Crippen LogP contribution >= 0.6 is 58.2 Å². The Morgan fingerprint density at radius 1 is 1.46 bits per heavy atom. The second-order valence-corrected chi connectivity index (χ2v) is 5.70. The standard InChI is InChI=1S/C9H6ClIS2/c10-4-5-3-6-7(11)1-2-8(12)9(6)13-5/h1-3,12H,4H2. The van der Waals surface area contributed by atoms with Crippen molar-refractivity contribution in [3.8, 4) is 0 Å². The van der Waals surface area contributed by atoms with E-state index in [9.17, 15) is 0 Å². The van der Waals surface area contributed by atoms with E-state index in [2.05, 4.69) is 47.4 Å². The maximum atomic E-state index is 5.79. The summed E-state index contributed by atoms with van der Waals surface area (Å²) in [4.78, 5) is 2.24. The van der Waals surface area contributed by atoms with E-state index in [4.69, 9.17) is 11.6 Å². The molecule has 1 heterocycles. The zero-order valence-corrected chi connectivity index (χ0v) is 11.2. The summed E-state index contributed by atoms with van der Waals surface area (Å²) in [6.45, 7) is 0. The molecule has 1 aromatic carbocycles. The van der Waals surface area contributed by atoms with Gasteiger partial charge in [-0.3, -0.25) is 0 Å². The number of thiophene rings is 1. The van der Waals surface area contributed by atoms with Crippen LogP contribution in [-0.4, -0.2) is 0 Å². The second kappa shape index (κ2) is 3.96. The van der Waals surface area contributed by atoms with E-state index in [1.54, 1.807) is 11.3 Å². The molecule has 2 rings (SSSR count). The first kappa shape index (κ1) is 10.1. The summed E-state index contributed by atoms with van der Waals surface area (Å²) in [5.41, 5.74) is 0. The Morgan fingerprint density at radius 2 is 2.23 bits per heavy atom. The van der Waals surface area contributed by atoms with Gasteiger partial charge in [0.1, 0.15) is 0 Å². The van der Waals surface area contributed by atoms with Gasteiger partial charge in [0, 0.05) is 23.4 Å². The van der Waals surface area contributed by atoms with Crippen LogP contribution in [0.4, 0.5) is 0 Å². The van der Waals surface area contributed by atoms with Crippen molar-refractivity contribution < 1.29 is 0 Å². The molecular weight excluding hydrogens is 335 g/mol. The lowest BCUT2D eigenvalue weighted by molar-refractivity contribution is 1.53. The molecule has 0 atom stereocenters. The van der Waals surface area contributed by atoms with Gasteiger partial charge in [0.2, 0.25) is 0 Å². The molecule has 0 amide bonds. The fourth-order valence-electron chi connectivity index (χ4n) is 1.19. The smallest absolute Gasteiger partial charge is 0.0568 e. The molecular formula is C9H6ClIS2. The Bertz CT molecular complexity index is 411. The minimum Gasteiger partial charge on any atom is -0.142 e. The fourth-order valence-corrected chi connectivity index (χ4v) is 3.50. The molecule has 1 aromatic heterocycles. The monoisotopic (exact) mass is 340 g/mol. The number of thiol groups is 1. The highest BCUT2D eigenvalue weighted by Crippen LogP contribution is 2.34. The average Bonchev–Trinajstić information content (AvgIpc) is 2.56. The maximum Gasteiger partial charge on any atom is 0.0568 e. The molecule has 0 saturated heterocycles. The van der Waals surface area contributed by atoms with Crippen molar-refractivity contribution in [3.63, 3.8) is 0 Å². The number of rotatable bonds is 1. The SMILES string of the molecule is Sc1ccc(I)c2cc(CCl)sc12. The highest BCUT2D eigenvalue weighted by Gasteiger charge is 2.06. The van der Waals surface area contributed by atoms with Crippen LogP contribution in [-0.2, 0) is 5.88 Å². The number of halogens is 2. The summed E-state index contributed by atoms with van der Waals surface area (Å²) in [6.07, 6.45) is 0. The van der Waals surface area contributed by atoms with Gasteiger partial charge in [-0.1, -0.05) is 0 Å². The number of hydrogen-bond donors (Lipinski definition) is 1. The molecule has 0 radical (unpaired) electrons. The summed E-state index contributed by atoms with van der Waals surface area (Å²) in [5, 5.41) is 1.27. The molecule has 0 aliphatic rings. The minimum atomic E-state index is 0.586. The second-order valence-electron chi connectivity index (χ2n) is 2.66. The molecule has 0 spiro atoms. The molecule has 0 fully saturated rings. The van der Waals surface area contributed by atoms with E-state index in [0.29, 0.717) is 5.88 Å². The average molecular weight is 341 g/mol. The Balaban J connectivity index is 2.80. The van der Waals surface area contributed by atoms with E-state index in [-0.39, 0.29) is 0 Å². The Kier molecular flexibility index (Phi) is 3.07. The number of benzene rings is 1. The third-order valence-corrected chi connectivity index (χ3v) is 4.87. The minimum absolute atomic E-state index is 0.586. The lowest BCUT2D eigenvalue weighted by atomic mass is 10.2. The third kappa shape index (κ3) is 1.84. The molecule has 0 N–H and O–H groups in total. The van der Waals surface area contributed by atoms with E-state index >= 15 is 0 Å². The Labute approximate surface area is 105 Å². The molecule has 0 nitrogen and oxygen atoms in total. The van der Waals surface area contributed by atoms with Gasteiger partial charge < -0.3 is 0 Å². The zero-order valence-electron chi connectivity index (χ0n) is 6.55. The Morgan fingerprint density at radius 3 is 2.85 bits per heavy atom. The normalized spacial score (nSPS) is 11.0. The van der Waals surface area contributed by atoms with Crippen LogP contribution in [0.5, 0.6) is 0 Å². The van der Waals surface area contributed by atoms with E-state index < -0.39 is 0 Å². The summed E-state index contributed by atoms with van der Waals surface area (Å²) in [6, 6.07) is 6.26. The van der Waals surface area contributed by atoms with Gasteiger partial charge in [-0.05, 0) is 40.8 Å². The summed E-state index contributed by atoms with van der Waals surface area (Å²) in [7, 11) is 0. The first-order valence-electron chi connectivity index (χ1n) is 3.68. The van der Waals surface area contributed by atoms with Crippen LogP contribution in [0.15, 0.2) is 23.1 Å². The van der Waals surface area contributed by atoms with Crippen molar-refractivity contribution in [1.82, 2.24) is 0 Å². The molecule has 68 valence electrons. The predicted molar refractivity (Wildman–Crippen MR) is 71.4 cm³/mol. The van der Waals surface area contributed by atoms with Crippen molar-refractivity contribution in [2.24, 2.45) is 0 Å². The quantitative estimate of drug-likeness (QED) is 0.440. The Hall–Kier alpha value is 0.550. The molecule has 13 heavy (non-hydrogen) atoms. The lowest BCUT2D eigenvalue weighted by Gasteiger charge is -1.95. The van der Waals surface area contributed by atoms with Crippen LogP contribution in [0.3, 0.4) is 0 Å². The van der Waals surface area contributed by atoms with E-state index in [1.807, 2.05) is 6.07 Å². The molecule has 0 aliphatic carbocycles. The first-order valence-corrected chi connectivity index (χ1v) is 6.56. The summed E-state index contributed by atoms with van der Waals surface area (Å²) >= 11 is 14.3. The highest BCUT2D eigenvalue weighted by molar-refractivity contribution is 14.1. The zero-order chi connectivity index (χ0) is 9.42. The van der Waals surface area contributed by atoms with Gasteiger partial charge in [-0.25, -0.2) is 0 Å². The van der Waals surface area contributed by atoms with Gasteiger partial charge in [0.05, 0.1) is 5.88 Å². The lowest BCUT2D eigenvalue weighted by Crippen LogP contribution is -1.72. The molecule has 2 aromatic rings. The van der Waals surface area contributed by atoms with Gasteiger partial charge in [0.25, 0.3) is 0 Å². The summed E-state index contributed by atoms with van der Waals surface area (Å²) in [5.74, 6) is 0.586. The van der Waals surface area contributed by atoms with Gasteiger partial charge in [-0.15, -0.1) is 35.6 Å². The molecule has 0 saturated carbocycles. The molecule has 0 unspecified atom stereocenters. The number of hydrogen-bond acceptors (Lipinski definition) is 2. The maximum absolute atomic E-state index is 5.79. The third-order valence-electron chi connectivity index (χ3n) is 1.79. The topological polar surface area (TPSA) is 0 Å². The van der Waals surface area contributed by atoms with Gasteiger partial charge in [-0.2, -0.15) is 0 Å². The fraction of sp³-hybridized carbons (Fsp3) is 0.111. The van der Waals surface area contributed by atoms with Crippen molar-refractivity contribution in [3.05, 3.63) is 26.6 Å². The van der Waals surface area contributed by atoms with Crippen molar-refractivity contribution in [2.45, 2.75) is 10.8 Å². The number of fused-ring (bicyclic) bond motifs is 1. The van der Waals surface area contributed by atoms with Crippen molar-refractivity contribution in [2.75, 3.05) is 0 Å². The largest absolute Gasteiger partial charge is 0.142 e. The highest BCUT2D eigenvalue weighted by atomic mass is 127. The van der Waals surface area contributed by atoms with Crippen LogP contribution < -0.4 is 0 Å². The van der Waals surface area contributed by atoms with Gasteiger partial charge in [0.15, 0.2) is 0 Å². The first-order chi connectivity index (χ1) is 6.22. The molecule has 0 bridgehead atoms. The van der Waals surface area contributed by atoms with E-state index in [0.717, 1.165) is 4.90 Å². The van der Waals surface area contributed by atoms with Crippen LogP contribution in [0.2, 0.25) is 0 Å². The summed E-state index contributed by atoms with van der Waals surface area (Å²) < 4.78 is 2.50. The van der Waals surface area contributed by atoms with Crippen LogP contribution in [0.25, 0.3) is 10.1 Å².